The molecule has 1 aromatic rings. The number of carbonyl (C=O) groups is 1. The Morgan fingerprint density at radius 3 is 2.94 bits per heavy atom. The van der Waals surface area contributed by atoms with Gasteiger partial charge in [-0.15, -0.1) is 0 Å². The van der Waals surface area contributed by atoms with Crippen molar-refractivity contribution in [2.24, 2.45) is 0 Å². The maximum Gasteiger partial charge on any atom is 0.335 e. The van der Waals surface area contributed by atoms with Crippen LogP contribution in [0.5, 0.6) is 0 Å². The molecule has 1 fully saturated rings. The molecule has 1 unspecified atom stereocenters. The van der Waals surface area contributed by atoms with Crippen LogP contribution in [0, 0.1) is 0 Å². The van der Waals surface area contributed by atoms with Crippen LogP contribution in [-0.2, 0) is 9.84 Å². The number of pyridine rings is 1. The van der Waals surface area contributed by atoms with E-state index >= 15 is 0 Å². The summed E-state index contributed by atoms with van der Waals surface area (Å²) in [6, 6.07) is 2.78. The Balaban J connectivity index is 2.02. The summed E-state index contributed by atoms with van der Waals surface area (Å²) >= 11 is 0. The topological polar surface area (TPSA) is 96.4 Å². The van der Waals surface area contributed by atoms with Crippen molar-refractivity contribution in [3.63, 3.8) is 0 Å². The van der Waals surface area contributed by atoms with E-state index in [1.165, 1.54) is 18.3 Å². The molecular weight excluding hydrogens is 256 g/mol. The number of carboxylic acid groups (broad SMARTS) is 1. The van der Waals surface area contributed by atoms with Crippen LogP contribution < -0.4 is 5.32 Å². The van der Waals surface area contributed by atoms with Crippen molar-refractivity contribution in [3.05, 3.63) is 23.9 Å². The second kappa shape index (κ2) is 4.93. The van der Waals surface area contributed by atoms with Gasteiger partial charge in [0.05, 0.1) is 16.6 Å². The zero-order chi connectivity index (χ0) is 13.2. The largest absolute Gasteiger partial charge is 0.478 e. The molecule has 1 atom stereocenters. The molecule has 1 saturated heterocycles. The van der Waals surface area contributed by atoms with Crippen molar-refractivity contribution in [2.45, 2.75) is 18.1 Å². The number of nitrogens with zero attached hydrogens (tertiary/aromatic N) is 1. The van der Waals surface area contributed by atoms with Gasteiger partial charge in [-0.1, -0.05) is 0 Å². The van der Waals surface area contributed by atoms with E-state index in [-0.39, 0.29) is 17.9 Å². The molecule has 0 amide bonds. The average molecular weight is 270 g/mol. The van der Waals surface area contributed by atoms with Gasteiger partial charge in [-0.3, -0.25) is 0 Å². The van der Waals surface area contributed by atoms with Crippen LogP contribution in [0.4, 0.5) is 5.82 Å². The summed E-state index contributed by atoms with van der Waals surface area (Å²) in [7, 11) is -2.99. The lowest BCUT2D eigenvalue weighted by molar-refractivity contribution is 0.0697. The van der Waals surface area contributed by atoms with E-state index < -0.39 is 21.1 Å². The zero-order valence-electron chi connectivity index (χ0n) is 9.67. The van der Waals surface area contributed by atoms with Crippen LogP contribution in [0.1, 0.15) is 23.2 Å². The van der Waals surface area contributed by atoms with Gasteiger partial charge in [-0.25, -0.2) is 18.2 Å². The van der Waals surface area contributed by atoms with Crippen molar-refractivity contribution in [2.75, 3.05) is 17.6 Å². The van der Waals surface area contributed by atoms with E-state index in [9.17, 15) is 13.2 Å². The Hall–Kier alpha value is -1.63. The first kappa shape index (κ1) is 12.8. The summed E-state index contributed by atoms with van der Waals surface area (Å²) in [4.78, 5) is 14.7. The molecule has 2 heterocycles. The Morgan fingerprint density at radius 1 is 1.56 bits per heavy atom. The maximum absolute atomic E-state index is 11.6. The van der Waals surface area contributed by atoms with Crippen molar-refractivity contribution >= 4 is 21.6 Å². The third-order valence-corrected chi connectivity index (χ3v) is 5.26. The van der Waals surface area contributed by atoms with E-state index in [0.29, 0.717) is 18.7 Å². The molecule has 0 bridgehead atoms. The van der Waals surface area contributed by atoms with Gasteiger partial charge in [0.2, 0.25) is 0 Å². The quantitative estimate of drug-likeness (QED) is 0.838. The normalized spacial score (nSPS) is 21.7. The van der Waals surface area contributed by atoms with E-state index in [1.54, 1.807) is 0 Å². The SMILES string of the molecule is O=C(O)c1ccnc(NCC2CCCS2(=O)=O)c1. The first-order valence-corrected chi connectivity index (χ1v) is 7.35. The Bertz CT molecular complexity index is 556. The minimum absolute atomic E-state index is 0.127. The lowest BCUT2D eigenvalue weighted by Crippen LogP contribution is -2.25. The van der Waals surface area contributed by atoms with Crippen LogP contribution in [0.2, 0.25) is 0 Å². The highest BCUT2D eigenvalue weighted by Crippen LogP contribution is 2.20. The first-order chi connectivity index (χ1) is 8.49. The predicted molar refractivity (Wildman–Crippen MR) is 66.5 cm³/mol. The maximum atomic E-state index is 11.6. The fraction of sp³-hybridized carbons (Fsp3) is 0.455. The summed E-state index contributed by atoms with van der Waals surface area (Å²) in [6.07, 6.45) is 2.72. The second-order valence-corrected chi connectivity index (χ2v) is 6.65. The molecular formula is C11H14N2O4S. The molecule has 2 N–H and O–H groups in total. The van der Waals surface area contributed by atoms with Gasteiger partial charge >= 0.3 is 5.97 Å². The van der Waals surface area contributed by atoms with Crippen LogP contribution in [0.25, 0.3) is 0 Å². The highest BCUT2D eigenvalue weighted by atomic mass is 32.2. The van der Waals surface area contributed by atoms with E-state index in [2.05, 4.69) is 10.3 Å². The van der Waals surface area contributed by atoms with Crippen molar-refractivity contribution in [1.82, 2.24) is 4.98 Å². The predicted octanol–water partition coefficient (Wildman–Crippen LogP) is 0.769. The molecule has 1 aliphatic rings. The van der Waals surface area contributed by atoms with Crippen LogP contribution in [0.3, 0.4) is 0 Å². The number of anilines is 1. The van der Waals surface area contributed by atoms with Gasteiger partial charge in [-0.2, -0.15) is 0 Å². The molecule has 0 saturated carbocycles. The summed E-state index contributed by atoms with van der Waals surface area (Å²) in [5, 5.41) is 11.3. The molecule has 1 aliphatic heterocycles. The average Bonchev–Trinajstić information content (AvgIpc) is 2.66. The monoisotopic (exact) mass is 270 g/mol. The molecule has 2 rings (SSSR count). The number of sulfone groups is 1. The number of aromatic carboxylic acids is 1. The summed E-state index contributed by atoms with van der Waals surface area (Å²) < 4.78 is 23.2. The molecule has 0 aliphatic carbocycles. The fourth-order valence-electron chi connectivity index (χ4n) is 1.97. The summed E-state index contributed by atoms with van der Waals surface area (Å²) in [6.45, 7) is 0.276. The highest BCUT2D eigenvalue weighted by molar-refractivity contribution is 7.92. The lowest BCUT2D eigenvalue weighted by atomic mass is 10.2. The van der Waals surface area contributed by atoms with E-state index in [0.717, 1.165) is 0 Å². The first-order valence-electron chi connectivity index (χ1n) is 5.64. The Morgan fingerprint density at radius 2 is 2.33 bits per heavy atom. The standard InChI is InChI=1S/C11H14N2O4S/c14-11(15)8-3-4-12-10(6-8)13-7-9-2-1-5-18(9,16)17/h3-4,6,9H,1-2,5,7H2,(H,12,13)(H,14,15). The third-order valence-electron chi connectivity index (χ3n) is 2.98. The van der Waals surface area contributed by atoms with Gasteiger partial charge in [0.15, 0.2) is 9.84 Å². The molecule has 7 heteroatoms. The Labute approximate surface area is 105 Å². The number of rotatable bonds is 4. The van der Waals surface area contributed by atoms with Crippen LogP contribution in [-0.4, -0.2) is 42.0 Å². The molecule has 0 radical (unpaired) electrons. The van der Waals surface area contributed by atoms with Crippen LogP contribution >= 0.6 is 0 Å². The second-order valence-electron chi connectivity index (χ2n) is 4.25. The molecule has 0 spiro atoms. The van der Waals surface area contributed by atoms with Gasteiger partial charge in [0.1, 0.15) is 5.82 Å². The smallest absolute Gasteiger partial charge is 0.335 e. The minimum Gasteiger partial charge on any atom is -0.478 e. The van der Waals surface area contributed by atoms with Gasteiger partial charge in [0.25, 0.3) is 0 Å². The van der Waals surface area contributed by atoms with Crippen molar-refractivity contribution < 1.29 is 18.3 Å². The Kier molecular flexibility index (Phi) is 3.51. The number of hydrogen-bond donors (Lipinski definition) is 2. The van der Waals surface area contributed by atoms with Gasteiger partial charge in [-0.05, 0) is 25.0 Å². The number of carboxylic acids is 1. The van der Waals surface area contributed by atoms with Crippen molar-refractivity contribution in [3.8, 4) is 0 Å². The highest BCUT2D eigenvalue weighted by Gasteiger charge is 2.30. The molecule has 18 heavy (non-hydrogen) atoms. The van der Waals surface area contributed by atoms with Crippen LogP contribution in [0.15, 0.2) is 18.3 Å². The number of hydrogen-bond acceptors (Lipinski definition) is 5. The zero-order valence-corrected chi connectivity index (χ0v) is 10.5. The number of aromatic nitrogens is 1. The minimum atomic E-state index is -2.99. The van der Waals surface area contributed by atoms with Gasteiger partial charge < -0.3 is 10.4 Å². The number of nitrogens with one attached hydrogen (secondary N) is 1. The van der Waals surface area contributed by atoms with Crippen molar-refractivity contribution in [1.29, 1.82) is 0 Å². The lowest BCUT2D eigenvalue weighted by Gasteiger charge is -2.11. The van der Waals surface area contributed by atoms with E-state index in [1.807, 2.05) is 0 Å². The molecule has 1 aromatic heterocycles. The molecule has 6 nitrogen and oxygen atoms in total. The third kappa shape index (κ3) is 2.79. The van der Waals surface area contributed by atoms with Gasteiger partial charge in [0, 0.05) is 12.7 Å². The van der Waals surface area contributed by atoms with E-state index in [4.69, 9.17) is 5.11 Å². The summed E-state index contributed by atoms with van der Waals surface area (Å²) in [5.74, 6) is -0.409. The fourth-order valence-corrected chi connectivity index (χ4v) is 3.73. The summed E-state index contributed by atoms with van der Waals surface area (Å²) in [5.41, 5.74) is 0.127. The molecule has 98 valence electrons. The molecule has 0 aromatic carbocycles.